The minimum Gasteiger partial charge on any atom is -0.490 e. The summed E-state index contributed by atoms with van der Waals surface area (Å²) < 4.78 is 18.9. The Morgan fingerprint density at radius 3 is 2.46 bits per heavy atom. The van der Waals surface area contributed by atoms with Crippen molar-refractivity contribution < 1.29 is 9.13 Å². The Balaban J connectivity index is 0.00000196. The van der Waals surface area contributed by atoms with E-state index < -0.39 is 0 Å². The largest absolute Gasteiger partial charge is 0.490 e. The minimum absolute atomic E-state index is 0. The SMILES string of the molecule is Cl.Fc1ccc(OC2CCN(CCC3CCc4ccccc43)CC2)cc1. The van der Waals surface area contributed by atoms with Gasteiger partial charge < -0.3 is 9.64 Å². The van der Waals surface area contributed by atoms with Gasteiger partial charge in [-0.15, -0.1) is 12.4 Å². The second-order valence-electron chi connectivity index (χ2n) is 7.34. The summed E-state index contributed by atoms with van der Waals surface area (Å²) >= 11 is 0. The third-order valence-electron chi connectivity index (χ3n) is 5.70. The van der Waals surface area contributed by atoms with Crippen molar-refractivity contribution in [3.8, 4) is 5.75 Å². The average Bonchev–Trinajstić information content (AvgIpc) is 3.06. The number of fused-ring (bicyclic) bond motifs is 1. The van der Waals surface area contributed by atoms with Crippen LogP contribution in [-0.4, -0.2) is 30.6 Å². The maximum absolute atomic E-state index is 13.0. The molecule has 1 unspecified atom stereocenters. The van der Waals surface area contributed by atoms with Crippen LogP contribution in [0.2, 0.25) is 0 Å². The Labute approximate surface area is 161 Å². The van der Waals surface area contributed by atoms with Crippen molar-refractivity contribution >= 4 is 12.4 Å². The van der Waals surface area contributed by atoms with Crippen molar-refractivity contribution in [3.05, 3.63) is 65.5 Å². The molecule has 0 radical (unpaired) electrons. The fourth-order valence-electron chi connectivity index (χ4n) is 4.24. The lowest BCUT2D eigenvalue weighted by Crippen LogP contribution is -2.39. The number of hydrogen-bond acceptors (Lipinski definition) is 2. The Bertz CT molecular complexity index is 698. The number of ether oxygens (including phenoxy) is 1. The molecule has 1 heterocycles. The van der Waals surface area contributed by atoms with Gasteiger partial charge in [0.25, 0.3) is 0 Å². The molecule has 0 spiro atoms. The number of nitrogens with zero attached hydrogens (tertiary/aromatic N) is 1. The number of hydrogen-bond donors (Lipinski definition) is 0. The van der Waals surface area contributed by atoms with E-state index in [-0.39, 0.29) is 24.3 Å². The van der Waals surface area contributed by atoms with E-state index in [1.807, 2.05) is 0 Å². The van der Waals surface area contributed by atoms with E-state index in [0.717, 1.165) is 37.6 Å². The first-order chi connectivity index (χ1) is 12.3. The van der Waals surface area contributed by atoms with E-state index in [9.17, 15) is 4.39 Å². The van der Waals surface area contributed by atoms with Crippen LogP contribution in [-0.2, 0) is 6.42 Å². The highest BCUT2D eigenvalue weighted by Crippen LogP contribution is 2.35. The summed E-state index contributed by atoms with van der Waals surface area (Å²) in [6.07, 6.45) is 6.18. The second-order valence-corrected chi connectivity index (χ2v) is 7.34. The van der Waals surface area contributed by atoms with Crippen LogP contribution in [0.25, 0.3) is 0 Å². The first-order valence-electron chi connectivity index (χ1n) is 9.50. The first-order valence-corrected chi connectivity index (χ1v) is 9.50. The molecule has 0 amide bonds. The zero-order valence-electron chi connectivity index (χ0n) is 15.1. The summed E-state index contributed by atoms with van der Waals surface area (Å²) in [4.78, 5) is 2.57. The third kappa shape index (κ3) is 4.57. The van der Waals surface area contributed by atoms with Gasteiger partial charge in [0, 0.05) is 13.1 Å². The first kappa shape index (κ1) is 19.2. The van der Waals surface area contributed by atoms with Crippen molar-refractivity contribution in [1.82, 2.24) is 4.90 Å². The molecule has 140 valence electrons. The summed E-state index contributed by atoms with van der Waals surface area (Å²) in [7, 11) is 0. The topological polar surface area (TPSA) is 12.5 Å². The van der Waals surface area contributed by atoms with Gasteiger partial charge in [0.05, 0.1) is 0 Å². The highest BCUT2D eigenvalue weighted by Gasteiger charge is 2.24. The molecule has 4 rings (SSSR count). The van der Waals surface area contributed by atoms with Gasteiger partial charge in [-0.05, 0) is 80.0 Å². The van der Waals surface area contributed by atoms with Crippen LogP contribution in [0.1, 0.15) is 42.7 Å². The number of aryl methyl sites for hydroxylation is 1. The van der Waals surface area contributed by atoms with Crippen molar-refractivity contribution in [2.75, 3.05) is 19.6 Å². The van der Waals surface area contributed by atoms with Crippen LogP contribution in [0.3, 0.4) is 0 Å². The number of likely N-dealkylation sites (tertiary alicyclic amines) is 1. The van der Waals surface area contributed by atoms with E-state index in [1.165, 1.54) is 37.9 Å². The molecule has 0 saturated carbocycles. The van der Waals surface area contributed by atoms with Crippen molar-refractivity contribution in [2.24, 2.45) is 0 Å². The molecule has 0 N–H and O–H groups in total. The normalized spacial score (nSPS) is 20.4. The molecule has 0 aromatic heterocycles. The number of rotatable bonds is 5. The molecule has 1 atom stereocenters. The van der Waals surface area contributed by atoms with Crippen LogP contribution in [0, 0.1) is 5.82 Å². The quantitative estimate of drug-likeness (QED) is 0.711. The molecule has 0 bridgehead atoms. The monoisotopic (exact) mass is 375 g/mol. The summed E-state index contributed by atoms with van der Waals surface area (Å²) in [6.45, 7) is 3.38. The number of halogens is 2. The zero-order valence-corrected chi connectivity index (χ0v) is 15.9. The van der Waals surface area contributed by atoms with E-state index in [2.05, 4.69) is 29.2 Å². The van der Waals surface area contributed by atoms with Crippen molar-refractivity contribution in [1.29, 1.82) is 0 Å². The molecular formula is C22H27ClFNO. The minimum atomic E-state index is -0.212. The standard InChI is InChI=1S/C22H26FNO.ClH/c23-19-7-9-20(10-8-19)25-21-12-15-24(16-13-21)14-11-18-6-5-17-3-1-2-4-22(17)18;/h1-4,7-10,18,21H,5-6,11-16H2;1H. The summed E-state index contributed by atoms with van der Waals surface area (Å²) in [5.74, 6) is 1.31. The summed E-state index contributed by atoms with van der Waals surface area (Å²) in [6, 6.07) is 15.3. The summed E-state index contributed by atoms with van der Waals surface area (Å²) in [5, 5.41) is 0. The van der Waals surface area contributed by atoms with Crippen LogP contribution in [0.4, 0.5) is 4.39 Å². The zero-order chi connectivity index (χ0) is 17.1. The van der Waals surface area contributed by atoms with Crippen LogP contribution in [0.5, 0.6) is 5.75 Å². The van der Waals surface area contributed by atoms with Crippen molar-refractivity contribution in [2.45, 2.75) is 44.1 Å². The molecule has 2 aromatic carbocycles. The molecule has 1 saturated heterocycles. The fraction of sp³-hybridized carbons (Fsp3) is 0.455. The van der Waals surface area contributed by atoms with Crippen LogP contribution >= 0.6 is 12.4 Å². The van der Waals surface area contributed by atoms with Crippen LogP contribution < -0.4 is 4.74 Å². The highest BCUT2D eigenvalue weighted by molar-refractivity contribution is 5.85. The van der Waals surface area contributed by atoms with E-state index in [0.29, 0.717) is 0 Å². The van der Waals surface area contributed by atoms with Gasteiger partial charge >= 0.3 is 0 Å². The van der Waals surface area contributed by atoms with E-state index in [1.54, 1.807) is 23.3 Å². The Morgan fingerprint density at radius 1 is 0.962 bits per heavy atom. The number of piperidine rings is 1. The molecule has 4 heteroatoms. The van der Waals surface area contributed by atoms with Crippen molar-refractivity contribution in [3.63, 3.8) is 0 Å². The van der Waals surface area contributed by atoms with Crippen LogP contribution in [0.15, 0.2) is 48.5 Å². The van der Waals surface area contributed by atoms with Gasteiger partial charge in [0.2, 0.25) is 0 Å². The van der Waals surface area contributed by atoms with Gasteiger partial charge in [-0.1, -0.05) is 24.3 Å². The lowest BCUT2D eigenvalue weighted by Gasteiger charge is -2.32. The molecule has 2 aromatic rings. The molecule has 1 aliphatic heterocycles. The molecular weight excluding hydrogens is 349 g/mol. The predicted octanol–water partition coefficient (Wildman–Crippen LogP) is 5.21. The third-order valence-corrected chi connectivity index (χ3v) is 5.70. The van der Waals surface area contributed by atoms with Gasteiger partial charge in [0.1, 0.15) is 17.7 Å². The molecule has 2 nitrogen and oxygen atoms in total. The molecule has 1 aliphatic carbocycles. The maximum Gasteiger partial charge on any atom is 0.123 e. The Hall–Kier alpha value is -1.58. The highest BCUT2D eigenvalue weighted by atomic mass is 35.5. The average molecular weight is 376 g/mol. The van der Waals surface area contributed by atoms with Gasteiger partial charge in [0.15, 0.2) is 0 Å². The van der Waals surface area contributed by atoms with Gasteiger partial charge in [-0.3, -0.25) is 0 Å². The summed E-state index contributed by atoms with van der Waals surface area (Å²) in [5.41, 5.74) is 3.14. The molecule has 1 fully saturated rings. The smallest absolute Gasteiger partial charge is 0.123 e. The van der Waals surface area contributed by atoms with Gasteiger partial charge in [-0.25, -0.2) is 4.39 Å². The lowest BCUT2D eigenvalue weighted by molar-refractivity contribution is 0.0987. The second kappa shape index (κ2) is 8.88. The molecule has 2 aliphatic rings. The maximum atomic E-state index is 13.0. The lowest BCUT2D eigenvalue weighted by atomic mass is 9.97. The Kier molecular flexibility index (Phi) is 6.55. The predicted molar refractivity (Wildman–Crippen MR) is 106 cm³/mol. The Morgan fingerprint density at radius 2 is 1.69 bits per heavy atom. The fourth-order valence-corrected chi connectivity index (χ4v) is 4.24. The van der Waals surface area contributed by atoms with E-state index in [4.69, 9.17) is 4.74 Å². The number of benzene rings is 2. The van der Waals surface area contributed by atoms with E-state index >= 15 is 0 Å². The van der Waals surface area contributed by atoms with Gasteiger partial charge in [-0.2, -0.15) is 0 Å². The molecule has 26 heavy (non-hydrogen) atoms.